The SMILES string of the molecule is CC(C)=CC(=O)OC1(C)CCC(C(C)C)CC1. The molecule has 1 aliphatic rings. The predicted molar refractivity (Wildman–Crippen MR) is 70.7 cm³/mol. The molecular formula is C15H26O2. The van der Waals surface area contributed by atoms with Crippen LogP contribution in [0.4, 0.5) is 0 Å². The summed E-state index contributed by atoms with van der Waals surface area (Å²) >= 11 is 0. The molecule has 0 aromatic heterocycles. The molecule has 1 saturated carbocycles. The molecule has 98 valence electrons. The van der Waals surface area contributed by atoms with Crippen LogP contribution in [-0.4, -0.2) is 11.6 Å². The molecule has 0 saturated heterocycles. The number of rotatable bonds is 3. The first-order chi connectivity index (χ1) is 7.82. The van der Waals surface area contributed by atoms with Gasteiger partial charge in [0, 0.05) is 6.08 Å². The van der Waals surface area contributed by atoms with Gasteiger partial charge in [0.15, 0.2) is 0 Å². The summed E-state index contributed by atoms with van der Waals surface area (Å²) in [7, 11) is 0. The Bertz CT molecular complexity index is 290. The average molecular weight is 238 g/mol. The van der Waals surface area contributed by atoms with Gasteiger partial charge >= 0.3 is 5.97 Å². The first kappa shape index (κ1) is 14.3. The van der Waals surface area contributed by atoms with E-state index in [-0.39, 0.29) is 11.6 Å². The number of ether oxygens (including phenoxy) is 1. The van der Waals surface area contributed by atoms with Crippen molar-refractivity contribution in [1.82, 2.24) is 0 Å². The third kappa shape index (κ3) is 4.53. The van der Waals surface area contributed by atoms with Crippen molar-refractivity contribution < 1.29 is 9.53 Å². The van der Waals surface area contributed by atoms with Gasteiger partial charge < -0.3 is 4.74 Å². The number of hydrogen-bond donors (Lipinski definition) is 0. The van der Waals surface area contributed by atoms with E-state index in [1.54, 1.807) is 6.08 Å². The van der Waals surface area contributed by atoms with Crippen LogP contribution in [0.1, 0.15) is 60.3 Å². The quantitative estimate of drug-likeness (QED) is 0.546. The van der Waals surface area contributed by atoms with Gasteiger partial charge in [0.1, 0.15) is 5.60 Å². The molecule has 0 aromatic carbocycles. The van der Waals surface area contributed by atoms with E-state index >= 15 is 0 Å². The van der Waals surface area contributed by atoms with Gasteiger partial charge in [0.05, 0.1) is 0 Å². The highest BCUT2D eigenvalue weighted by Crippen LogP contribution is 2.37. The molecule has 1 aliphatic carbocycles. The van der Waals surface area contributed by atoms with Gasteiger partial charge in [-0.05, 0) is 58.3 Å². The average Bonchev–Trinajstić information content (AvgIpc) is 2.15. The van der Waals surface area contributed by atoms with Gasteiger partial charge in [0.2, 0.25) is 0 Å². The van der Waals surface area contributed by atoms with Crippen molar-refractivity contribution in [2.24, 2.45) is 11.8 Å². The lowest BCUT2D eigenvalue weighted by Gasteiger charge is -2.38. The summed E-state index contributed by atoms with van der Waals surface area (Å²) < 4.78 is 5.60. The molecule has 0 amide bonds. The molecule has 0 spiro atoms. The lowest BCUT2D eigenvalue weighted by Crippen LogP contribution is -2.36. The summed E-state index contributed by atoms with van der Waals surface area (Å²) in [5.41, 5.74) is 0.753. The predicted octanol–water partition coefficient (Wildman–Crippen LogP) is 4.10. The molecular weight excluding hydrogens is 212 g/mol. The molecule has 0 atom stereocenters. The van der Waals surface area contributed by atoms with Crippen LogP contribution < -0.4 is 0 Å². The fraction of sp³-hybridized carbons (Fsp3) is 0.800. The van der Waals surface area contributed by atoms with Crippen LogP contribution in [0.3, 0.4) is 0 Å². The van der Waals surface area contributed by atoms with Gasteiger partial charge in [-0.3, -0.25) is 0 Å². The van der Waals surface area contributed by atoms with Crippen molar-refractivity contribution >= 4 is 5.97 Å². The number of allylic oxidation sites excluding steroid dienone is 1. The minimum Gasteiger partial charge on any atom is -0.456 e. The molecule has 17 heavy (non-hydrogen) atoms. The lowest BCUT2D eigenvalue weighted by atomic mass is 9.75. The zero-order valence-electron chi connectivity index (χ0n) is 11.9. The van der Waals surface area contributed by atoms with E-state index in [4.69, 9.17) is 4.74 Å². The maximum absolute atomic E-state index is 11.6. The first-order valence-electron chi connectivity index (χ1n) is 6.70. The van der Waals surface area contributed by atoms with Crippen LogP contribution in [0.2, 0.25) is 0 Å². The van der Waals surface area contributed by atoms with E-state index < -0.39 is 0 Å². The molecule has 1 fully saturated rings. The van der Waals surface area contributed by atoms with E-state index in [0.29, 0.717) is 0 Å². The molecule has 0 bridgehead atoms. The summed E-state index contributed by atoms with van der Waals surface area (Å²) in [6, 6.07) is 0. The van der Waals surface area contributed by atoms with Crippen LogP contribution in [0, 0.1) is 11.8 Å². The van der Waals surface area contributed by atoms with E-state index in [9.17, 15) is 4.79 Å². The Balaban J connectivity index is 2.50. The molecule has 0 aliphatic heterocycles. The standard InChI is InChI=1S/C15H26O2/c1-11(2)10-14(16)17-15(5)8-6-13(7-9-15)12(3)4/h10,12-13H,6-9H2,1-5H3. The highest BCUT2D eigenvalue weighted by molar-refractivity contribution is 5.82. The summed E-state index contributed by atoms with van der Waals surface area (Å²) in [6.45, 7) is 10.5. The molecule has 1 rings (SSSR count). The van der Waals surface area contributed by atoms with Crippen molar-refractivity contribution in [1.29, 1.82) is 0 Å². The fourth-order valence-electron chi connectivity index (χ4n) is 2.53. The fourth-order valence-corrected chi connectivity index (χ4v) is 2.53. The van der Waals surface area contributed by atoms with Gasteiger partial charge in [-0.25, -0.2) is 4.79 Å². The summed E-state index contributed by atoms with van der Waals surface area (Å²) in [4.78, 5) is 11.6. The Morgan fingerprint density at radius 1 is 1.29 bits per heavy atom. The van der Waals surface area contributed by atoms with Gasteiger partial charge in [0.25, 0.3) is 0 Å². The molecule has 0 unspecified atom stereocenters. The van der Waals surface area contributed by atoms with Gasteiger partial charge in [-0.2, -0.15) is 0 Å². The largest absolute Gasteiger partial charge is 0.456 e. The van der Waals surface area contributed by atoms with E-state index in [2.05, 4.69) is 20.8 Å². The number of hydrogen-bond acceptors (Lipinski definition) is 2. The Morgan fingerprint density at radius 2 is 1.82 bits per heavy atom. The second kappa shape index (κ2) is 5.70. The zero-order chi connectivity index (χ0) is 13.1. The van der Waals surface area contributed by atoms with Crippen molar-refractivity contribution in [3.05, 3.63) is 11.6 Å². The lowest BCUT2D eigenvalue weighted by molar-refractivity contribution is -0.156. The maximum atomic E-state index is 11.6. The second-order valence-corrected chi connectivity index (χ2v) is 6.17. The second-order valence-electron chi connectivity index (χ2n) is 6.17. The molecule has 2 nitrogen and oxygen atoms in total. The van der Waals surface area contributed by atoms with Crippen molar-refractivity contribution in [3.8, 4) is 0 Å². The molecule has 0 N–H and O–H groups in total. The Morgan fingerprint density at radius 3 is 2.24 bits per heavy atom. The number of esters is 1. The minimum absolute atomic E-state index is 0.185. The third-order valence-electron chi connectivity index (χ3n) is 3.78. The summed E-state index contributed by atoms with van der Waals surface area (Å²) in [5, 5.41) is 0. The smallest absolute Gasteiger partial charge is 0.331 e. The summed E-state index contributed by atoms with van der Waals surface area (Å²) in [5.74, 6) is 1.36. The van der Waals surface area contributed by atoms with E-state index in [1.807, 2.05) is 13.8 Å². The van der Waals surface area contributed by atoms with Crippen LogP contribution in [0.5, 0.6) is 0 Å². The van der Waals surface area contributed by atoms with Crippen LogP contribution >= 0.6 is 0 Å². The topological polar surface area (TPSA) is 26.3 Å². The van der Waals surface area contributed by atoms with E-state index in [0.717, 1.165) is 30.3 Å². The molecule has 0 radical (unpaired) electrons. The van der Waals surface area contributed by atoms with Crippen molar-refractivity contribution in [3.63, 3.8) is 0 Å². The first-order valence-corrected chi connectivity index (χ1v) is 6.70. The van der Waals surface area contributed by atoms with Crippen molar-refractivity contribution in [2.75, 3.05) is 0 Å². The molecule has 2 heteroatoms. The number of carbonyl (C=O) groups is 1. The molecule has 0 aromatic rings. The Hall–Kier alpha value is -0.790. The summed E-state index contributed by atoms with van der Waals surface area (Å²) in [6.07, 6.45) is 5.93. The number of carbonyl (C=O) groups excluding carboxylic acids is 1. The van der Waals surface area contributed by atoms with Gasteiger partial charge in [-0.15, -0.1) is 0 Å². The normalized spacial score (nSPS) is 28.9. The monoisotopic (exact) mass is 238 g/mol. The maximum Gasteiger partial charge on any atom is 0.331 e. The highest BCUT2D eigenvalue weighted by Gasteiger charge is 2.34. The third-order valence-corrected chi connectivity index (χ3v) is 3.78. The zero-order valence-corrected chi connectivity index (χ0v) is 11.9. The highest BCUT2D eigenvalue weighted by atomic mass is 16.6. The van der Waals surface area contributed by atoms with Crippen LogP contribution in [-0.2, 0) is 9.53 Å². The molecule has 0 heterocycles. The van der Waals surface area contributed by atoms with E-state index in [1.165, 1.54) is 12.8 Å². The van der Waals surface area contributed by atoms with Crippen LogP contribution in [0.15, 0.2) is 11.6 Å². The Kier molecular flexibility index (Phi) is 4.79. The van der Waals surface area contributed by atoms with Crippen molar-refractivity contribution in [2.45, 2.75) is 65.9 Å². The van der Waals surface area contributed by atoms with Gasteiger partial charge in [-0.1, -0.05) is 19.4 Å². The minimum atomic E-state index is -0.242. The Labute approximate surface area is 105 Å². The van der Waals surface area contributed by atoms with Crippen LogP contribution in [0.25, 0.3) is 0 Å².